The third kappa shape index (κ3) is 4.73. The predicted octanol–water partition coefficient (Wildman–Crippen LogP) is 1.87. The molecule has 0 radical (unpaired) electrons. The van der Waals surface area contributed by atoms with Gasteiger partial charge in [-0.15, -0.1) is 0 Å². The third-order valence-corrected chi connectivity index (χ3v) is 6.63. The van der Waals surface area contributed by atoms with E-state index in [4.69, 9.17) is 0 Å². The maximum Gasteiger partial charge on any atom is 0.261 e. The molecule has 162 valence electrons. The Hall–Kier alpha value is -2.25. The lowest BCUT2D eigenvalue weighted by Gasteiger charge is -2.39. The van der Waals surface area contributed by atoms with Gasteiger partial charge in [-0.25, -0.2) is 4.98 Å². The topological polar surface area (TPSA) is 78.7 Å². The number of amides is 1. The van der Waals surface area contributed by atoms with Crippen LogP contribution in [0.5, 0.6) is 0 Å². The molecule has 1 atom stereocenters. The lowest BCUT2D eigenvalue weighted by molar-refractivity contribution is -0.136. The number of fused-ring (bicyclic) bond motifs is 1. The molecule has 30 heavy (non-hydrogen) atoms. The van der Waals surface area contributed by atoms with Gasteiger partial charge < -0.3 is 14.9 Å². The fourth-order valence-electron chi connectivity index (χ4n) is 4.77. The Kier molecular flexibility index (Phi) is 6.20. The maximum atomic E-state index is 12.7. The van der Waals surface area contributed by atoms with Gasteiger partial charge in [-0.05, 0) is 50.3 Å². The number of aromatic nitrogens is 2. The summed E-state index contributed by atoms with van der Waals surface area (Å²) in [6.45, 7) is 6.53. The normalized spacial score (nSPS) is 22.3. The molecule has 2 aliphatic rings. The minimum absolute atomic E-state index is 0.136. The molecule has 1 aromatic carbocycles. The average molecular weight is 413 g/mol. The summed E-state index contributed by atoms with van der Waals surface area (Å²) >= 11 is 0. The highest BCUT2D eigenvalue weighted by atomic mass is 16.3. The number of nitrogens with zero attached hydrogens (tertiary/aromatic N) is 4. The lowest BCUT2D eigenvalue weighted by atomic mass is 9.91. The van der Waals surface area contributed by atoms with Gasteiger partial charge in [-0.3, -0.25) is 14.2 Å². The van der Waals surface area contributed by atoms with E-state index in [9.17, 15) is 14.7 Å². The molecule has 0 spiro atoms. The Labute approximate surface area is 177 Å². The van der Waals surface area contributed by atoms with Crippen molar-refractivity contribution in [2.24, 2.45) is 5.92 Å². The number of carbonyl (C=O) groups excluding carboxylic acids is 1. The van der Waals surface area contributed by atoms with E-state index >= 15 is 0 Å². The minimum atomic E-state index is -0.993. The Bertz CT molecular complexity index is 949. The zero-order valence-corrected chi connectivity index (χ0v) is 17.8. The Morgan fingerprint density at radius 2 is 2.00 bits per heavy atom. The molecule has 2 fully saturated rings. The Morgan fingerprint density at radius 3 is 2.77 bits per heavy atom. The maximum absolute atomic E-state index is 12.7. The van der Waals surface area contributed by atoms with Crippen LogP contribution in [0.3, 0.4) is 0 Å². The van der Waals surface area contributed by atoms with Crippen LogP contribution in [-0.4, -0.2) is 68.7 Å². The first-order valence-electron chi connectivity index (χ1n) is 11.1. The number of rotatable bonds is 5. The van der Waals surface area contributed by atoms with E-state index in [0.29, 0.717) is 49.2 Å². The second kappa shape index (κ2) is 8.86. The van der Waals surface area contributed by atoms with Crippen LogP contribution < -0.4 is 5.56 Å². The summed E-state index contributed by atoms with van der Waals surface area (Å²) in [6.07, 6.45) is 5.50. The first-order chi connectivity index (χ1) is 14.4. The van der Waals surface area contributed by atoms with Crippen molar-refractivity contribution < 1.29 is 9.90 Å². The van der Waals surface area contributed by atoms with Crippen LogP contribution in [0.2, 0.25) is 0 Å². The van der Waals surface area contributed by atoms with Crippen LogP contribution in [-0.2, 0) is 11.3 Å². The van der Waals surface area contributed by atoms with E-state index in [-0.39, 0.29) is 18.0 Å². The second-order valence-electron chi connectivity index (χ2n) is 9.10. The van der Waals surface area contributed by atoms with Crippen LogP contribution in [0.15, 0.2) is 35.4 Å². The van der Waals surface area contributed by atoms with E-state index in [1.54, 1.807) is 6.07 Å². The summed E-state index contributed by atoms with van der Waals surface area (Å²) in [7, 11) is 0. The monoisotopic (exact) mass is 412 g/mol. The smallest absolute Gasteiger partial charge is 0.261 e. The molecule has 7 heteroatoms. The molecule has 1 unspecified atom stereocenters. The van der Waals surface area contributed by atoms with Crippen molar-refractivity contribution in [1.29, 1.82) is 0 Å². The molecule has 1 N–H and O–H groups in total. The average Bonchev–Trinajstić information content (AvgIpc) is 2.75. The summed E-state index contributed by atoms with van der Waals surface area (Å²) in [5.74, 6) is 0.881. The lowest BCUT2D eigenvalue weighted by Crippen LogP contribution is -2.50. The van der Waals surface area contributed by atoms with Gasteiger partial charge in [0.1, 0.15) is 0 Å². The van der Waals surface area contributed by atoms with Crippen molar-refractivity contribution in [3.8, 4) is 0 Å². The van der Waals surface area contributed by atoms with Crippen LogP contribution in [0, 0.1) is 5.92 Å². The second-order valence-corrected chi connectivity index (χ2v) is 9.10. The van der Waals surface area contributed by atoms with Crippen molar-refractivity contribution in [1.82, 2.24) is 19.4 Å². The van der Waals surface area contributed by atoms with Gasteiger partial charge in [0.15, 0.2) is 0 Å². The van der Waals surface area contributed by atoms with Crippen LogP contribution in [0.4, 0.5) is 0 Å². The fraction of sp³-hybridized carbons (Fsp3) is 0.609. The highest BCUT2D eigenvalue weighted by Gasteiger charge is 2.34. The minimum Gasteiger partial charge on any atom is -0.388 e. The standard InChI is InChI=1S/C23H32N4O3/c1-18-5-4-11-25(15-18)12-8-21(28)26-13-9-23(30,10-14-26)16-27-17-24-20-7-3-2-6-19(20)22(27)29/h2-3,6-7,17-18,30H,4-5,8-16H2,1H3. The summed E-state index contributed by atoms with van der Waals surface area (Å²) in [5.41, 5.74) is -0.468. The Balaban J connectivity index is 1.31. The first kappa shape index (κ1) is 21.0. The number of benzene rings is 1. The van der Waals surface area contributed by atoms with Gasteiger partial charge in [-0.1, -0.05) is 19.1 Å². The first-order valence-corrected chi connectivity index (χ1v) is 11.1. The zero-order chi connectivity index (χ0) is 21.1. The van der Waals surface area contributed by atoms with E-state index in [1.165, 1.54) is 23.7 Å². The third-order valence-electron chi connectivity index (χ3n) is 6.63. The van der Waals surface area contributed by atoms with E-state index < -0.39 is 5.60 Å². The van der Waals surface area contributed by atoms with Crippen molar-refractivity contribution in [3.05, 3.63) is 40.9 Å². The number of hydrogen-bond acceptors (Lipinski definition) is 5. The van der Waals surface area contributed by atoms with Crippen molar-refractivity contribution in [3.63, 3.8) is 0 Å². The molecule has 7 nitrogen and oxygen atoms in total. The molecule has 0 saturated carbocycles. The van der Waals surface area contributed by atoms with E-state index in [2.05, 4.69) is 16.8 Å². The summed E-state index contributed by atoms with van der Waals surface area (Å²) in [5, 5.41) is 11.6. The van der Waals surface area contributed by atoms with Crippen molar-refractivity contribution in [2.75, 3.05) is 32.7 Å². The number of para-hydroxylation sites is 1. The van der Waals surface area contributed by atoms with Crippen LogP contribution >= 0.6 is 0 Å². The fourth-order valence-corrected chi connectivity index (χ4v) is 4.77. The summed E-state index contributed by atoms with van der Waals surface area (Å²) in [4.78, 5) is 34.0. The molecular formula is C23H32N4O3. The molecule has 0 aliphatic carbocycles. The number of piperidine rings is 2. The molecule has 3 heterocycles. The SMILES string of the molecule is CC1CCCN(CCC(=O)N2CCC(O)(Cn3cnc4ccccc4c3=O)CC2)C1. The van der Waals surface area contributed by atoms with Crippen LogP contribution in [0.25, 0.3) is 10.9 Å². The number of likely N-dealkylation sites (tertiary alicyclic amines) is 2. The molecule has 1 amide bonds. The van der Waals surface area contributed by atoms with Gasteiger partial charge in [0.2, 0.25) is 5.91 Å². The number of carbonyl (C=O) groups is 1. The van der Waals surface area contributed by atoms with Gasteiger partial charge in [-0.2, -0.15) is 0 Å². The largest absolute Gasteiger partial charge is 0.388 e. The molecule has 2 aromatic rings. The molecule has 2 aliphatic heterocycles. The highest BCUT2D eigenvalue weighted by Crippen LogP contribution is 2.24. The van der Waals surface area contributed by atoms with Gasteiger partial charge in [0.25, 0.3) is 5.56 Å². The zero-order valence-electron chi connectivity index (χ0n) is 17.8. The van der Waals surface area contributed by atoms with Crippen LogP contribution in [0.1, 0.15) is 39.0 Å². The quantitative estimate of drug-likeness (QED) is 0.811. The molecular weight excluding hydrogens is 380 g/mol. The molecule has 4 rings (SSSR count). The van der Waals surface area contributed by atoms with Gasteiger partial charge in [0.05, 0.1) is 29.4 Å². The van der Waals surface area contributed by atoms with Crippen molar-refractivity contribution >= 4 is 16.8 Å². The summed E-state index contributed by atoms with van der Waals surface area (Å²) in [6, 6.07) is 7.24. The highest BCUT2D eigenvalue weighted by molar-refractivity contribution is 5.77. The number of aliphatic hydroxyl groups is 1. The Morgan fingerprint density at radius 1 is 1.23 bits per heavy atom. The molecule has 2 saturated heterocycles. The number of hydrogen-bond donors (Lipinski definition) is 1. The van der Waals surface area contributed by atoms with Gasteiger partial charge in [0, 0.05) is 32.6 Å². The predicted molar refractivity (Wildman–Crippen MR) is 116 cm³/mol. The van der Waals surface area contributed by atoms with E-state index in [1.807, 2.05) is 23.1 Å². The summed E-state index contributed by atoms with van der Waals surface area (Å²) < 4.78 is 1.50. The van der Waals surface area contributed by atoms with E-state index in [0.717, 1.165) is 19.6 Å². The van der Waals surface area contributed by atoms with Gasteiger partial charge >= 0.3 is 0 Å². The molecule has 0 bridgehead atoms. The van der Waals surface area contributed by atoms with Crippen molar-refractivity contribution in [2.45, 2.75) is 51.2 Å². The molecule has 1 aromatic heterocycles.